The Morgan fingerprint density at radius 2 is 1.85 bits per heavy atom. The molecule has 0 saturated carbocycles. The number of carboxylic acid groups (broad SMARTS) is 1. The number of morpholine rings is 1. The first-order chi connectivity index (χ1) is 13.0. The molecule has 150 valence electrons. The molecule has 0 aromatic heterocycles. The molecule has 0 aliphatic carbocycles. The third kappa shape index (κ3) is 7.66. The van der Waals surface area contributed by atoms with Gasteiger partial charge in [-0.2, -0.15) is 0 Å². The first-order valence-corrected chi connectivity index (χ1v) is 9.62. The van der Waals surface area contributed by atoms with Crippen molar-refractivity contribution in [2.24, 2.45) is 0 Å². The summed E-state index contributed by atoms with van der Waals surface area (Å²) in [7, 11) is 0. The molecule has 27 heavy (non-hydrogen) atoms. The van der Waals surface area contributed by atoms with Gasteiger partial charge in [-0.25, -0.2) is 0 Å². The van der Waals surface area contributed by atoms with Gasteiger partial charge in [0.1, 0.15) is 6.04 Å². The second kappa shape index (κ2) is 11.0. The van der Waals surface area contributed by atoms with E-state index in [1.165, 1.54) is 5.56 Å². The number of nitrogens with one attached hydrogen (secondary N) is 2. The number of nitrogens with zero attached hydrogens (tertiary/aromatic N) is 1. The Labute approximate surface area is 161 Å². The normalized spacial score (nSPS) is 16.3. The maximum Gasteiger partial charge on any atom is 0.321 e. The number of hydrogen-bond acceptors (Lipinski definition) is 5. The lowest BCUT2D eigenvalue weighted by Crippen LogP contribution is -2.42. The van der Waals surface area contributed by atoms with Crippen LogP contribution in [0.3, 0.4) is 0 Å². The van der Waals surface area contributed by atoms with E-state index >= 15 is 0 Å². The van der Waals surface area contributed by atoms with Gasteiger partial charge in [-0.05, 0) is 43.1 Å². The van der Waals surface area contributed by atoms with Crippen LogP contribution in [0.1, 0.15) is 38.2 Å². The minimum Gasteiger partial charge on any atom is -0.480 e. The number of amides is 1. The second-order valence-electron chi connectivity index (χ2n) is 7.18. The molecule has 7 heteroatoms. The number of carbonyl (C=O) groups excluding carboxylic acids is 1. The number of carbonyl (C=O) groups is 2. The van der Waals surface area contributed by atoms with Gasteiger partial charge < -0.3 is 20.5 Å². The Bertz CT molecular complexity index is 598. The minimum absolute atomic E-state index is 0.0984. The molecule has 1 aliphatic heterocycles. The number of hydrogen-bond donors (Lipinski definition) is 3. The number of ether oxygens (including phenoxy) is 1. The second-order valence-corrected chi connectivity index (χ2v) is 7.18. The van der Waals surface area contributed by atoms with Crippen molar-refractivity contribution in [3.05, 3.63) is 29.8 Å². The molecule has 0 bridgehead atoms. The zero-order valence-electron chi connectivity index (χ0n) is 16.2. The zero-order valence-corrected chi connectivity index (χ0v) is 16.2. The fraction of sp³-hybridized carbons (Fsp3) is 0.600. The number of anilines is 1. The van der Waals surface area contributed by atoms with Gasteiger partial charge in [-0.1, -0.05) is 26.0 Å². The highest BCUT2D eigenvalue weighted by Crippen LogP contribution is 2.17. The molecule has 1 unspecified atom stereocenters. The van der Waals surface area contributed by atoms with Crippen LogP contribution in [0.15, 0.2) is 24.3 Å². The molecule has 2 rings (SSSR count). The third-order valence-corrected chi connectivity index (χ3v) is 4.69. The van der Waals surface area contributed by atoms with E-state index in [-0.39, 0.29) is 12.3 Å². The van der Waals surface area contributed by atoms with E-state index in [4.69, 9.17) is 4.74 Å². The van der Waals surface area contributed by atoms with Crippen molar-refractivity contribution in [2.75, 3.05) is 44.7 Å². The van der Waals surface area contributed by atoms with Crippen LogP contribution in [0, 0.1) is 0 Å². The third-order valence-electron chi connectivity index (χ3n) is 4.69. The summed E-state index contributed by atoms with van der Waals surface area (Å²) < 4.78 is 5.31. The number of rotatable bonds is 10. The van der Waals surface area contributed by atoms with Crippen LogP contribution in [0.2, 0.25) is 0 Å². The Morgan fingerprint density at radius 3 is 2.44 bits per heavy atom. The van der Waals surface area contributed by atoms with Crippen molar-refractivity contribution >= 4 is 17.6 Å². The van der Waals surface area contributed by atoms with Crippen molar-refractivity contribution in [3.8, 4) is 0 Å². The van der Waals surface area contributed by atoms with E-state index in [9.17, 15) is 14.7 Å². The van der Waals surface area contributed by atoms with Gasteiger partial charge in [0.15, 0.2) is 0 Å². The molecule has 1 atom stereocenters. The van der Waals surface area contributed by atoms with Crippen molar-refractivity contribution in [1.82, 2.24) is 10.2 Å². The molecule has 1 aromatic carbocycles. The monoisotopic (exact) mass is 377 g/mol. The van der Waals surface area contributed by atoms with E-state index in [1.807, 2.05) is 24.3 Å². The Balaban J connectivity index is 1.73. The standard InChI is InChI=1S/C20H31N3O4/c1-15(2)16-4-6-17(7-5-16)22-19(24)14-18(20(25)26)21-8-3-9-23-10-12-27-13-11-23/h4-7,15,18,21H,3,8-14H2,1-2H3,(H,22,24)(H,25,26). The molecule has 7 nitrogen and oxygen atoms in total. The van der Waals surface area contributed by atoms with Crippen LogP contribution in [0.25, 0.3) is 0 Å². The highest BCUT2D eigenvalue weighted by Gasteiger charge is 2.21. The van der Waals surface area contributed by atoms with Crippen molar-refractivity contribution in [2.45, 2.75) is 38.6 Å². The first-order valence-electron chi connectivity index (χ1n) is 9.62. The molecular formula is C20H31N3O4. The maximum atomic E-state index is 12.2. The summed E-state index contributed by atoms with van der Waals surface area (Å²) in [6.07, 6.45) is 0.737. The van der Waals surface area contributed by atoms with Crippen LogP contribution in [0.4, 0.5) is 5.69 Å². The average molecular weight is 377 g/mol. The quantitative estimate of drug-likeness (QED) is 0.540. The van der Waals surface area contributed by atoms with Gasteiger partial charge in [0.25, 0.3) is 0 Å². The molecule has 1 amide bonds. The Morgan fingerprint density at radius 1 is 1.19 bits per heavy atom. The molecule has 0 spiro atoms. The Kier molecular flexibility index (Phi) is 8.71. The number of carboxylic acids is 1. The average Bonchev–Trinajstić information content (AvgIpc) is 2.65. The summed E-state index contributed by atoms with van der Waals surface area (Å²) in [5.41, 5.74) is 1.87. The number of benzene rings is 1. The molecular weight excluding hydrogens is 346 g/mol. The van der Waals surface area contributed by atoms with Crippen LogP contribution < -0.4 is 10.6 Å². The smallest absolute Gasteiger partial charge is 0.321 e. The number of aliphatic carboxylic acids is 1. The summed E-state index contributed by atoms with van der Waals surface area (Å²) in [4.78, 5) is 25.9. The molecule has 1 aliphatic rings. The molecule has 1 heterocycles. The molecule has 3 N–H and O–H groups in total. The predicted molar refractivity (Wildman–Crippen MR) is 105 cm³/mol. The van der Waals surface area contributed by atoms with Gasteiger partial charge in [0.05, 0.1) is 19.6 Å². The predicted octanol–water partition coefficient (Wildman–Crippen LogP) is 1.90. The van der Waals surface area contributed by atoms with E-state index in [0.29, 0.717) is 18.2 Å². The van der Waals surface area contributed by atoms with Gasteiger partial charge in [-0.15, -0.1) is 0 Å². The summed E-state index contributed by atoms with van der Waals surface area (Å²) >= 11 is 0. The highest BCUT2D eigenvalue weighted by atomic mass is 16.5. The SMILES string of the molecule is CC(C)c1ccc(NC(=O)CC(NCCCN2CCOCC2)C(=O)O)cc1. The first kappa shape index (κ1) is 21.3. The largest absolute Gasteiger partial charge is 0.480 e. The lowest BCUT2D eigenvalue weighted by molar-refractivity contribution is -0.141. The van der Waals surface area contributed by atoms with Gasteiger partial charge in [0.2, 0.25) is 5.91 Å². The topological polar surface area (TPSA) is 90.9 Å². The van der Waals surface area contributed by atoms with Crippen molar-refractivity contribution < 1.29 is 19.4 Å². The summed E-state index contributed by atoms with van der Waals surface area (Å²) in [5, 5.41) is 15.1. The fourth-order valence-electron chi connectivity index (χ4n) is 3.00. The van der Waals surface area contributed by atoms with Gasteiger partial charge >= 0.3 is 5.97 Å². The fourth-order valence-corrected chi connectivity index (χ4v) is 3.00. The molecule has 1 aromatic rings. The summed E-state index contributed by atoms with van der Waals surface area (Å²) in [6.45, 7) is 9.01. The molecule has 1 saturated heterocycles. The van der Waals surface area contributed by atoms with Crippen molar-refractivity contribution in [3.63, 3.8) is 0 Å². The summed E-state index contributed by atoms with van der Waals surface area (Å²) in [6, 6.07) is 6.75. The maximum absolute atomic E-state index is 12.2. The van der Waals surface area contributed by atoms with Gasteiger partial charge in [-0.3, -0.25) is 14.5 Å². The molecule has 0 radical (unpaired) electrons. The van der Waals surface area contributed by atoms with Crippen LogP contribution in [-0.2, 0) is 14.3 Å². The minimum atomic E-state index is -1.01. The lowest BCUT2D eigenvalue weighted by atomic mass is 10.0. The zero-order chi connectivity index (χ0) is 19.6. The van der Waals surface area contributed by atoms with E-state index in [2.05, 4.69) is 29.4 Å². The van der Waals surface area contributed by atoms with E-state index in [0.717, 1.165) is 39.3 Å². The van der Waals surface area contributed by atoms with Gasteiger partial charge in [0, 0.05) is 18.8 Å². The van der Waals surface area contributed by atoms with E-state index < -0.39 is 12.0 Å². The molecule has 1 fully saturated rings. The van der Waals surface area contributed by atoms with Crippen LogP contribution in [-0.4, -0.2) is 67.3 Å². The van der Waals surface area contributed by atoms with Crippen LogP contribution in [0.5, 0.6) is 0 Å². The Hall–Kier alpha value is -1.96. The summed E-state index contributed by atoms with van der Waals surface area (Å²) in [5.74, 6) is -0.889. The van der Waals surface area contributed by atoms with E-state index in [1.54, 1.807) is 0 Å². The highest BCUT2D eigenvalue weighted by molar-refractivity contribution is 5.94. The van der Waals surface area contributed by atoms with Crippen molar-refractivity contribution in [1.29, 1.82) is 0 Å². The lowest BCUT2D eigenvalue weighted by Gasteiger charge is -2.26. The van der Waals surface area contributed by atoms with Crippen LogP contribution >= 0.6 is 0 Å².